The molecule has 1 heterocycles. The van der Waals surface area contributed by atoms with Gasteiger partial charge in [-0.05, 0) is 12.1 Å². The zero-order valence-electron chi connectivity index (χ0n) is 7.53. The number of hydrogen-bond donors (Lipinski definition) is 0. The number of benzene rings is 1. The number of aldehydes is 1. The molecular formula is C10H8ClNO2. The topological polar surface area (TPSA) is 38.7 Å². The number of fused-ring (bicyclic) bond motifs is 1. The van der Waals surface area contributed by atoms with E-state index in [-0.39, 0.29) is 0 Å². The van der Waals surface area contributed by atoms with Gasteiger partial charge in [0.1, 0.15) is 0 Å². The molecule has 0 radical (unpaired) electrons. The lowest BCUT2D eigenvalue weighted by atomic mass is 10.1. The number of halogens is 1. The van der Waals surface area contributed by atoms with Crippen molar-refractivity contribution in [1.82, 2.24) is 0 Å². The second-order valence-corrected chi connectivity index (χ2v) is 3.44. The van der Waals surface area contributed by atoms with E-state index in [1.807, 2.05) is 0 Å². The highest BCUT2D eigenvalue weighted by Gasteiger charge is 2.21. The van der Waals surface area contributed by atoms with Gasteiger partial charge in [-0.2, -0.15) is 0 Å². The van der Waals surface area contributed by atoms with E-state index in [9.17, 15) is 4.79 Å². The van der Waals surface area contributed by atoms with Crippen LogP contribution in [-0.4, -0.2) is 12.2 Å². The van der Waals surface area contributed by atoms with E-state index in [4.69, 9.17) is 16.3 Å². The highest BCUT2D eigenvalue weighted by molar-refractivity contribution is 6.30. The summed E-state index contributed by atoms with van der Waals surface area (Å²) in [6.07, 6.45) is 0.199. The van der Waals surface area contributed by atoms with Gasteiger partial charge in [-0.15, -0.1) is 0 Å². The van der Waals surface area contributed by atoms with Crippen molar-refractivity contribution in [2.24, 2.45) is 4.99 Å². The molecule has 1 aromatic carbocycles. The quantitative estimate of drug-likeness (QED) is 0.667. The van der Waals surface area contributed by atoms with E-state index in [1.165, 1.54) is 0 Å². The zero-order chi connectivity index (χ0) is 10.1. The second-order valence-electron chi connectivity index (χ2n) is 3.01. The molecule has 0 N–H and O–H groups in total. The van der Waals surface area contributed by atoms with Gasteiger partial charge in [0, 0.05) is 17.5 Å². The SMILES string of the molecule is CC1=Nc2cc(Cl)ccc2C(C=O)O1. The Kier molecular flexibility index (Phi) is 2.25. The molecule has 3 nitrogen and oxygen atoms in total. The largest absolute Gasteiger partial charge is 0.465 e. The summed E-state index contributed by atoms with van der Waals surface area (Å²) in [5, 5.41) is 0.604. The molecule has 1 atom stereocenters. The van der Waals surface area contributed by atoms with E-state index < -0.39 is 6.10 Å². The number of aliphatic imine (C=N–C) groups is 1. The molecule has 0 aromatic heterocycles. The fraction of sp³-hybridized carbons (Fsp3) is 0.200. The van der Waals surface area contributed by atoms with Crippen LogP contribution in [0.4, 0.5) is 5.69 Å². The highest BCUT2D eigenvalue weighted by Crippen LogP contribution is 2.33. The van der Waals surface area contributed by atoms with Crippen molar-refractivity contribution in [3.05, 3.63) is 28.8 Å². The molecule has 1 aliphatic heterocycles. The molecule has 0 spiro atoms. The summed E-state index contributed by atoms with van der Waals surface area (Å²) in [6, 6.07) is 5.20. The number of rotatable bonds is 1. The lowest BCUT2D eigenvalue weighted by Crippen LogP contribution is -2.14. The maximum absolute atomic E-state index is 10.7. The molecule has 0 fully saturated rings. The van der Waals surface area contributed by atoms with Crippen LogP contribution >= 0.6 is 11.6 Å². The van der Waals surface area contributed by atoms with Crippen LogP contribution in [-0.2, 0) is 9.53 Å². The predicted molar refractivity (Wildman–Crippen MR) is 54.1 cm³/mol. The van der Waals surface area contributed by atoms with E-state index in [2.05, 4.69) is 4.99 Å². The fourth-order valence-corrected chi connectivity index (χ4v) is 1.56. The van der Waals surface area contributed by atoms with Gasteiger partial charge in [0.05, 0.1) is 5.69 Å². The smallest absolute Gasteiger partial charge is 0.186 e. The fourth-order valence-electron chi connectivity index (χ4n) is 1.40. The molecule has 72 valence electrons. The third kappa shape index (κ3) is 1.51. The van der Waals surface area contributed by atoms with Crippen LogP contribution in [0.3, 0.4) is 0 Å². The molecule has 14 heavy (non-hydrogen) atoms. The summed E-state index contributed by atoms with van der Waals surface area (Å²) >= 11 is 5.82. The average Bonchev–Trinajstić information content (AvgIpc) is 2.15. The van der Waals surface area contributed by atoms with Crippen molar-refractivity contribution in [2.45, 2.75) is 13.0 Å². The number of ether oxygens (including phenoxy) is 1. The van der Waals surface area contributed by atoms with Crippen molar-refractivity contribution in [3.63, 3.8) is 0 Å². The average molecular weight is 210 g/mol. The Hall–Kier alpha value is -1.35. The Labute approximate surface area is 86.4 Å². The molecule has 0 saturated heterocycles. The second kappa shape index (κ2) is 3.42. The first-order valence-corrected chi connectivity index (χ1v) is 4.55. The number of hydrogen-bond acceptors (Lipinski definition) is 3. The Bertz CT molecular complexity index is 415. The molecule has 4 heteroatoms. The maximum Gasteiger partial charge on any atom is 0.186 e. The maximum atomic E-state index is 10.7. The van der Waals surface area contributed by atoms with Gasteiger partial charge in [0.25, 0.3) is 0 Å². The number of carbonyl (C=O) groups excluding carboxylic acids is 1. The van der Waals surface area contributed by atoms with Gasteiger partial charge in [-0.25, -0.2) is 4.99 Å². The van der Waals surface area contributed by atoms with E-state index in [1.54, 1.807) is 25.1 Å². The van der Waals surface area contributed by atoms with Gasteiger partial charge in [-0.3, -0.25) is 4.79 Å². The number of carbonyl (C=O) groups is 1. The first-order valence-electron chi connectivity index (χ1n) is 4.17. The van der Waals surface area contributed by atoms with Gasteiger partial charge < -0.3 is 4.74 Å². The lowest BCUT2D eigenvalue weighted by molar-refractivity contribution is -0.114. The van der Waals surface area contributed by atoms with Crippen LogP contribution in [0.1, 0.15) is 18.6 Å². The molecule has 0 bridgehead atoms. The normalized spacial score (nSPS) is 19.3. The third-order valence-electron chi connectivity index (χ3n) is 2.00. The van der Waals surface area contributed by atoms with Crippen LogP contribution in [0.15, 0.2) is 23.2 Å². The molecule has 1 unspecified atom stereocenters. The van der Waals surface area contributed by atoms with E-state index in [0.717, 1.165) is 11.8 Å². The van der Waals surface area contributed by atoms with Gasteiger partial charge in [-0.1, -0.05) is 17.7 Å². The molecule has 0 amide bonds. The minimum atomic E-state index is -0.556. The minimum Gasteiger partial charge on any atom is -0.465 e. The summed E-state index contributed by atoms with van der Waals surface area (Å²) in [5.41, 5.74) is 1.47. The third-order valence-corrected chi connectivity index (χ3v) is 2.23. The van der Waals surface area contributed by atoms with Crippen molar-refractivity contribution in [1.29, 1.82) is 0 Å². The molecule has 2 rings (SSSR count). The van der Waals surface area contributed by atoms with Crippen molar-refractivity contribution in [3.8, 4) is 0 Å². The summed E-state index contributed by atoms with van der Waals surface area (Å²) in [7, 11) is 0. The molecule has 1 aliphatic rings. The van der Waals surface area contributed by atoms with E-state index in [0.29, 0.717) is 16.6 Å². The highest BCUT2D eigenvalue weighted by atomic mass is 35.5. The molecule has 0 aliphatic carbocycles. The van der Waals surface area contributed by atoms with Crippen molar-refractivity contribution < 1.29 is 9.53 Å². The first-order chi connectivity index (χ1) is 6.70. The van der Waals surface area contributed by atoms with Crippen molar-refractivity contribution >= 4 is 29.5 Å². The monoisotopic (exact) mass is 209 g/mol. The first kappa shape index (κ1) is 9.21. The molecular weight excluding hydrogens is 202 g/mol. The zero-order valence-corrected chi connectivity index (χ0v) is 8.28. The molecule has 0 saturated carbocycles. The summed E-state index contributed by atoms with van der Waals surface area (Å²) in [5.74, 6) is 0.483. The Morgan fingerprint density at radius 3 is 3.07 bits per heavy atom. The molecule has 1 aromatic rings. The summed E-state index contributed by atoms with van der Waals surface area (Å²) in [4.78, 5) is 14.9. The van der Waals surface area contributed by atoms with Gasteiger partial charge in [0.15, 0.2) is 18.3 Å². The minimum absolute atomic E-state index is 0.483. The van der Waals surface area contributed by atoms with Crippen LogP contribution in [0, 0.1) is 0 Å². The predicted octanol–water partition coefficient (Wildman–Crippen LogP) is 2.66. The van der Waals surface area contributed by atoms with E-state index >= 15 is 0 Å². The van der Waals surface area contributed by atoms with Crippen LogP contribution < -0.4 is 0 Å². The van der Waals surface area contributed by atoms with Gasteiger partial charge in [0.2, 0.25) is 0 Å². The van der Waals surface area contributed by atoms with Crippen LogP contribution in [0.2, 0.25) is 5.02 Å². The Morgan fingerprint density at radius 1 is 1.57 bits per heavy atom. The van der Waals surface area contributed by atoms with Gasteiger partial charge >= 0.3 is 0 Å². The number of nitrogens with zero attached hydrogens (tertiary/aromatic N) is 1. The Balaban J connectivity index is 2.56. The van der Waals surface area contributed by atoms with Crippen LogP contribution in [0.25, 0.3) is 0 Å². The van der Waals surface area contributed by atoms with Crippen molar-refractivity contribution in [2.75, 3.05) is 0 Å². The lowest BCUT2D eigenvalue weighted by Gasteiger charge is -2.20. The van der Waals surface area contributed by atoms with Crippen LogP contribution in [0.5, 0.6) is 0 Å². The summed E-state index contributed by atoms with van der Waals surface area (Å²) in [6.45, 7) is 1.71. The summed E-state index contributed by atoms with van der Waals surface area (Å²) < 4.78 is 5.24. The standard InChI is InChI=1S/C10H8ClNO2/c1-6-12-9-4-7(11)2-3-8(9)10(5-13)14-6/h2-5,10H,1H3. The Morgan fingerprint density at radius 2 is 2.36 bits per heavy atom.